The maximum Gasteiger partial charge on any atom is 0.328 e. The lowest BCUT2D eigenvalue weighted by Gasteiger charge is -2.24. The molecule has 0 aromatic heterocycles. The molecular formula is C21H28N4O10. The first-order chi connectivity index (χ1) is 16.4. The Hall–Kier alpha value is -4.04. The van der Waals surface area contributed by atoms with Gasteiger partial charge in [0.15, 0.2) is 0 Å². The Morgan fingerprint density at radius 2 is 1.31 bits per heavy atom. The van der Waals surface area contributed by atoms with E-state index in [1.54, 1.807) is 30.3 Å². The van der Waals surface area contributed by atoms with Crippen LogP contribution in [-0.4, -0.2) is 86.8 Å². The summed E-state index contributed by atoms with van der Waals surface area (Å²) < 4.78 is 0. The van der Waals surface area contributed by atoms with Gasteiger partial charge in [0.25, 0.3) is 0 Å². The maximum absolute atomic E-state index is 12.8. The molecule has 0 heterocycles. The minimum Gasteiger partial charge on any atom is -0.481 e. The molecule has 0 spiro atoms. The fraction of sp³-hybridized carbons (Fsp3) is 0.429. The molecule has 3 amide bonds. The zero-order chi connectivity index (χ0) is 26.5. The zero-order valence-electron chi connectivity index (χ0n) is 18.5. The number of benzene rings is 1. The Bertz CT molecular complexity index is 924. The second kappa shape index (κ2) is 14.3. The minimum absolute atomic E-state index is 0.113. The monoisotopic (exact) mass is 496 g/mol. The van der Waals surface area contributed by atoms with Gasteiger partial charge >= 0.3 is 17.9 Å². The normalized spacial score (nSPS) is 14.0. The fourth-order valence-corrected chi connectivity index (χ4v) is 2.89. The summed E-state index contributed by atoms with van der Waals surface area (Å²) in [5, 5.41) is 42.3. The van der Waals surface area contributed by atoms with Crippen LogP contribution in [0.5, 0.6) is 0 Å². The van der Waals surface area contributed by atoms with Crippen molar-refractivity contribution in [2.24, 2.45) is 5.73 Å². The van der Waals surface area contributed by atoms with Gasteiger partial charge in [0.05, 0.1) is 19.1 Å². The van der Waals surface area contributed by atoms with Gasteiger partial charge in [0.1, 0.15) is 18.1 Å². The van der Waals surface area contributed by atoms with E-state index in [-0.39, 0.29) is 6.42 Å². The summed E-state index contributed by atoms with van der Waals surface area (Å²) in [4.78, 5) is 70.8. The highest BCUT2D eigenvalue weighted by atomic mass is 16.4. The molecule has 0 aliphatic rings. The van der Waals surface area contributed by atoms with Gasteiger partial charge in [-0.15, -0.1) is 0 Å². The van der Waals surface area contributed by atoms with Crippen molar-refractivity contribution in [3.63, 3.8) is 0 Å². The van der Waals surface area contributed by atoms with Gasteiger partial charge in [-0.05, 0) is 18.4 Å². The minimum atomic E-state index is -1.78. The molecule has 14 nitrogen and oxygen atoms in total. The number of carbonyl (C=O) groups is 6. The molecule has 4 atom stereocenters. The van der Waals surface area contributed by atoms with Gasteiger partial charge in [-0.3, -0.25) is 24.0 Å². The Balaban J connectivity index is 2.97. The summed E-state index contributed by atoms with van der Waals surface area (Å²) in [6.07, 6.45) is -1.79. The summed E-state index contributed by atoms with van der Waals surface area (Å²) in [6.45, 7) is -0.995. The fourth-order valence-electron chi connectivity index (χ4n) is 2.89. The van der Waals surface area contributed by atoms with Crippen molar-refractivity contribution in [1.82, 2.24) is 16.0 Å². The summed E-state index contributed by atoms with van der Waals surface area (Å²) in [5.74, 6) is -7.48. The van der Waals surface area contributed by atoms with E-state index < -0.39 is 85.7 Å². The number of nitrogens with one attached hydrogen (secondary N) is 3. The topological polar surface area (TPSA) is 245 Å². The van der Waals surface area contributed by atoms with E-state index >= 15 is 0 Å². The molecule has 14 heteroatoms. The van der Waals surface area contributed by atoms with Crippen LogP contribution in [0.15, 0.2) is 30.3 Å². The predicted octanol–water partition coefficient (Wildman–Crippen LogP) is -2.57. The van der Waals surface area contributed by atoms with Crippen LogP contribution in [-0.2, 0) is 35.2 Å². The number of hydrogen-bond acceptors (Lipinski definition) is 8. The highest BCUT2D eigenvalue weighted by Crippen LogP contribution is 2.05. The zero-order valence-corrected chi connectivity index (χ0v) is 18.5. The number of aliphatic hydroxyl groups excluding tert-OH is 1. The quantitative estimate of drug-likeness (QED) is 0.125. The average Bonchev–Trinajstić information content (AvgIpc) is 2.79. The highest BCUT2D eigenvalue weighted by Gasteiger charge is 2.31. The van der Waals surface area contributed by atoms with Gasteiger partial charge in [-0.1, -0.05) is 30.3 Å². The van der Waals surface area contributed by atoms with E-state index in [9.17, 15) is 28.8 Å². The largest absolute Gasteiger partial charge is 0.481 e. The third-order valence-electron chi connectivity index (χ3n) is 4.72. The lowest BCUT2D eigenvalue weighted by atomic mass is 10.0. The van der Waals surface area contributed by atoms with Crippen molar-refractivity contribution < 1.29 is 49.2 Å². The van der Waals surface area contributed by atoms with E-state index in [0.29, 0.717) is 0 Å². The molecule has 0 bridgehead atoms. The van der Waals surface area contributed by atoms with Crippen molar-refractivity contribution >= 4 is 35.6 Å². The van der Waals surface area contributed by atoms with E-state index in [0.717, 1.165) is 5.56 Å². The summed E-state index contributed by atoms with van der Waals surface area (Å²) in [5.41, 5.74) is 6.62. The number of amides is 3. The molecule has 1 rings (SSSR count). The smallest absolute Gasteiger partial charge is 0.328 e. The number of rotatable bonds is 15. The van der Waals surface area contributed by atoms with Crippen molar-refractivity contribution in [1.29, 1.82) is 0 Å². The Kier molecular flexibility index (Phi) is 11.8. The van der Waals surface area contributed by atoms with Crippen molar-refractivity contribution in [3.8, 4) is 0 Å². The standard InChI is InChI=1S/C21H28N4O10/c22-12(8-11-4-2-1-3-5-11)18(31)23-13(6-7-16(27)28)19(32)24-14(9-17(29)30)20(33)25-15(10-26)21(34)35/h1-5,12-15,26H,6-10,22H2,(H,23,31)(H,24,32)(H,25,33)(H,27,28)(H,29,30)(H,34,35). The van der Waals surface area contributed by atoms with Crippen LogP contribution in [0.25, 0.3) is 0 Å². The van der Waals surface area contributed by atoms with E-state index in [1.165, 1.54) is 0 Å². The Labute approximate surface area is 199 Å². The van der Waals surface area contributed by atoms with E-state index in [2.05, 4.69) is 10.6 Å². The van der Waals surface area contributed by atoms with Gasteiger partial charge in [0.2, 0.25) is 17.7 Å². The third kappa shape index (κ3) is 10.6. The molecule has 0 radical (unpaired) electrons. The predicted molar refractivity (Wildman–Crippen MR) is 118 cm³/mol. The first kappa shape index (κ1) is 29.0. The number of aliphatic hydroxyl groups is 1. The number of nitrogens with two attached hydrogens (primary N) is 1. The molecule has 192 valence electrons. The van der Waals surface area contributed by atoms with Crippen LogP contribution in [0.2, 0.25) is 0 Å². The molecular weight excluding hydrogens is 468 g/mol. The summed E-state index contributed by atoms with van der Waals surface area (Å²) in [6, 6.07) is 2.58. The third-order valence-corrected chi connectivity index (χ3v) is 4.72. The molecule has 4 unspecified atom stereocenters. The molecule has 1 aromatic rings. The van der Waals surface area contributed by atoms with Crippen molar-refractivity contribution in [2.75, 3.05) is 6.61 Å². The van der Waals surface area contributed by atoms with Gasteiger partial charge < -0.3 is 42.1 Å². The molecule has 0 aliphatic heterocycles. The number of carbonyl (C=O) groups excluding carboxylic acids is 3. The number of aliphatic carboxylic acids is 3. The van der Waals surface area contributed by atoms with Crippen LogP contribution in [0.3, 0.4) is 0 Å². The van der Waals surface area contributed by atoms with Crippen LogP contribution >= 0.6 is 0 Å². The summed E-state index contributed by atoms with van der Waals surface area (Å²) >= 11 is 0. The van der Waals surface area contributed by atoms with Gasteiger partial charge in [-0.2, -0.15) is 0 Å². The molecule has 0 saturated carbocycles. The number of carboxylic acids is 3. The van der Waals surface area contributed by atoms with Crippen LogP contribution in [0.1, 0.15) is 24.8 Å². The second-order valence-electron chi connectivity index (χ2n) is 7.53. The maximum atomic E-state index is 12.8. The first-order valence-corrected chi connectivity index (χ1v) is 10.4. The molecule has 0 fully saturated rings. The average molecular weight is 496 g/mol. The molecule has 0 aliphatic carbocycles. The molecule has 1 aromatic carbocycles. The summed E-state index contributed by atoms with van der Waals surface area (Å²) in [7, 11) is 0. The first-order valence-electron chi connectivity index (χ1n) is 10.4. The van der Waals surface area contributed by atoms with Crippen LogP contribution < -0.4 is 21.7 Å². The molecule has 0 saturated heterocycles. The van der Waals surface area contributed by atoms with E-state index in [4.69, 9.17) is 26.2 Å². The van der Waals surface area contributed by atoms with Crippen LogP contribution in [0, 0.1) is 0 Å². The number of carboxylic acid groups (broad SMARTS) is 3. The van der Waals surface area contributed by atoms with Crippen molar-refractivity contribution in [2.45, 2.75) is 49.9 Å². The van der Waals surface area contributed by atoms with Gasteiger partial charge in [0, 0.05) is 6.42 Å². The Morgan fingerprint density at radius 1 is 0.771 bits per heavy atom. The van der Waals surface area contributed by atoms with E-state index in [1.807, 2.05) is 5.32 Å². The highest BCUT2D eigenvalue weighted by molar-refractivity contribution is 5.95. The number of hydrogen-bond donors (Lipinski definition) is 8. The second-order valence-corrected chi connectivity index (χ2v) is 7.53. The van der Waals surface area contributed by atoms with Crippen LogP contribution in [0.4, 0.5) is 0 Å². The van der Waals surface area contributed by atoms with Crippen molar-refractivity contribution in [3.05, 3.63) is 35.9 Å². The molecule has 9 N–H and O–H groups in total. The lowest BCUT2D eigenvalue weighted by Crippen LogP contribution is -2.58. The lowest BCUT2D eigenvalue weighted by molar-refractivity contribution is -0.144. The molecule has 35 heavy (non-hydrogen) atoms. The Morgan fingerprint density at radius 3 is 1.83 bits per heavy atom. The van der Waals surface area contributed by atoms with Gasteiger partial charge in [-0.25, -0.2) is 4.79 Å². The SMILES string of the molecule is NC(Cc1ccccc1)C(=O)NC(CCC(=O)O)C(=O)NC(CC(=O)O)C(=O)NC(CO)C(=O)O.